The maximum absolute atomic E-state index is 9.00. The quantitative estimate of drug-likeness (QED) is 0.656. The van der Waals surface area contributed by atoms with Crippen LogP contribution in [0.3, 0.4) is 0 Å². The second kappa shape index (κ2) is 29.2. The number of rotatable bonds is 3. The maximum Gasteiger partial charge on any atom is 0.300 e. The Morgan fingerprint density at radius 3 is 1.00 bits per heavy atom. The van der Waals surface area contributed by atoms with Crippen LogP contribution in [0.5, 0.6) is 0 Å². The van der Waals surface area contributed by atoms with Crippen molar-refractivity contribution >= 4 is 11.9 Å². The molecule has 0 aliphatic heterocycles. The van der Waals surface area contributed by atoms with Crippen LogP contribution < -0.4 is 0 Å². The lowest BCUT2D eigenvalue weighted by molar-refractivity contribution is -0.135. The van der Waals surface area contributed by atoms with Gasteiger partial charge in [0.05, 0.1) is 0 Å². The number of unbranched alkanes of at least 4 members (excludes halogenated alkanes) is 3. The van der Waals surface area contributed by atoms with Gasteiger partial charge in [0.15, 0.2) is 0 Å². The van der Waals surface area contributed by atoms with Gasteiger partial charge in [-0.1, -0.05) is 39.5 Å². The summed E-state index contributed by atoms with van der Waals surface area (Å²) in [6.45, 7) is 6.63. The number of hydrogen-bond acceptors (Lipinski definition) is 3. The summed E-state index contributed by atoms with van der Waals surface area (Å²) >= 11 is 0. The van der Waals surface area contributed by atoms with Crippen molar-refractivity contribution in [3.8, 4) is 0 Å². The number of hydrogen-bond donors (Lipinski definition) is 3. The zero-order valence-corrected chi connectivity index (χ0v) is 11.0. The summed E-state index contributed by atoms with van der Waals surface area (Å²) < 4.78 is 0. The number of aliphatic hydroxyl groups excluding tert-OH is 1. The lowest BCUT2D eigenvalue weighted by atomic mass is 10.2. The molecule has 0 aromatic carbocycles. The highest BCUT2D eigenvalue weighted by molar-refractivity contribution is 5.63. The molecule has 0 aliphatic carbocycles. The molecule has 0 saturated heterocycles. The Morgan fingerprint density at radius 2 is 0.938 bits per heavy atom. The van der Waals surface area contributed by atoms with Crippen molar-refractivity contribution in [3.63, 3.8) is 0 Å². The van der Waals surface area contributed by atoms with Crippen molar-refractivity contribution in [2.24, 2.45) is 0 Å². The Kier molecular flexibility index (Phi) is 44.2. The normalized spacial score (nSPS) is 6.88. The van der Waals surface area contributed by atoms with Crippen molar-refractivity contribution in [2.45, 2.75) is 53.4 Å². The third-order valence-electron chi connectivity index (χ3n) is 0.957. The highest BCUT2D eigenvalue weighted by Gasteiger charge is 1.75. The summed E-state index contributed by atoms with van der Waals surface area (Å²) in [4.78, 5) is 18.0. The molecule has 0 spiro atoms. The molecule has 0 rings (SSSR count). The molecular formula is C11H26O5. The SMILES string of the molecule is CC(=O)O.CC(=O)O.CCCCCC.CO. The molecule has 0 saturated carbocycles. The standard InChI is InChI=1S/C6H14.2C2H4O2.CH4O/c1-3-5-6-4-2;2*1-2(3)4;1-2/h3-6H2,1-2H3;2*1H3,(H,3,4);2H,1H3. The molecular weight excluding hydrogens is 212 g/mol. The van der Waals surface area contributed by atoms with Gasteiger partial charge < -0.3 is 15.3 Å². The minimum atomic E-state index is -0.833. The fourth-order valence-corrected chi connectivity index (χ4v) is 0.500. The van der Waals surface area contributed by atoms with Crippen molar-refractivity contribution in [3.05, 3.63) is 0 Å². The second-order valence-electron chi connectivity index (χ2n) is 2.75. The van der Waals surface area contributed by atoms with Crippen LogP contribution in [0.2, 0.25) is 0 Å². The van der Waals surface area contributed by atoms with E-state index >= 15 is 0 Å². The number of aliphatic carboxylic acids is 2. The first-order chi connectivity index (χ1) is 7.38. The van der Waals surface area contributed by atoms with Crippen LogP contribution in [0.1, 0.15) is 53.4 Å². The summed E-state index contributed by atoms with van der Waals surface area (Å²) in [5.41, 5.74) is 0. The van der Waals surface area contributed by atoms with E-state index < -0.39 is 11.9 Å². The van der Waals surface area contributed by atoms with E-state index in [1.807, 2.05) is 0 Å². The fraction of sp³-hybridized carbons (Fsp3) is 0.818. The molecule has 0 unspecified atom stereocenters. The first-order valence-electron chi connectivity index (χ1n) is 5.22. The fourth-order valence-electron chi connectivity index (χ4n) is 0.500. The first kappa shape index (κ1) is 24.2. The number of carboxylic acids is 2. The van der Waals surface area contributed by atoms with Crippen LogP contribution in [-0.4, -0.2) is 34.4 Å². The van der Waals surface area contributed by atoms with Crippen molar-refractivity contribution in [1.82, 2.24) is 0 Å². The van der Waals surface area contributed by atoms with E-state index in [9.17, 15) is 0 Å². The molecule has 0 bridgehead atoms. The highest BCUT2D eigenvalue weighted by Crippen LogP contribution is 1.95. The zero-order chi connectivity index (χ0) is 14.0. The second-order valence-corrected chi connectivity index (χ2v) is 2.75. The van der Waals surface area contributed by atoms with Gasteiger partial charge in [0.1, 0.15) is 0 Å². The molecule has 0 aromatic rings. The maximum atomic E-state index is 9.00. The monoisotopic (exact) mass is 238 g/mol. The Bertz CT molecular complexity index is 110. The summed E-state index contributed by atoms with van der Waals surface area (Å²) in [5, 5.41) is 21.8. The van der Waals surface area contributed by atoms with E-state index in [1.54, 1.807) is 0 Å². The van der Waals surface area contributed by atoms with E-state index in [-0.39, 0.29) is 0 Å². The van der Waals surface area contributed by atoms with Gasteiger partial charge in [-0.2, -0.15) is 0 Å². The van der Waals surface area contributed by atoms with Crippen LogP contribution in [0.15, 0.2) is 0 Å². The van der Waals surface area contributed by atoms with Gasteiger partial charge in [-0.25, -0.2) is 0 Å². The molecule has 5 nitrogen and oxygen atoms in total. The smallest absolute Gasteiger partial charge is 0.300 e. The number of aliphatic hydroxyl groups is 1. The predicted molar refractivity (Wildman–Crippen MR) is 64.6 cm³/mol. The topological polar surface area (TPSA) is 94.8 Å². The Morgan fingerprint density at radius 1 is 0.812 bits per heavy atom. The first-order valence-corrected chi connectivity index (χ1v) is 5.22. The average Bonchev–Trinajstić information content (AvgIpc) is 2.16. The Hall–Kier alpha value is -1.10. The largest absolute Gasteiger partial charge is 0.481 e. The minimum Gasteiger partial charge on any atom is -0.481 e. The lowest BCUT2D eigenvalue weighted by Gasteiger charge is -1.86. The molecule has 0 radical (unpaired) electrons. The van der Waals surface area contributed by atoms with Gasteiger partial charge in [-0.3, -0.25) is 9.59 Å². The molecule has 100 valence electrons. The highest BCUT2D eigenvalue weighted by atomic mass is 16.4. The molecule has 0 atom stereocenters. The minimum absolute atomic E-state index is 0.833. The van der Waals surface area contributed by atoms with Gasteiger partial charge >= 0.3 is 0 Å². The van der Waals surface area contributed by atoms with Crippen molar-refractivity contribution in [2.75, 3.05) is 7.11 Å². The van der Waals surface area contributed by atoms with Gasteiger partial charge in [0.2, 0.25) is 0 Å². The van der Waals surface area contributed by atoms with Crippen LogP contribution in [0, 0.1) is 0 Å². The summed E-state index contributed by atoms with van der Waals surface area (Å²) in [6.07, 6.45) is 5.54. The number of carbonyl (C=O) groups is 2. The van der Waals surface area contributed by atoms with E-state index in [0.717, 1.165) is 21.0 Å². The average molecular weight is 238 g/mol. The van der Waals surface area contributed by atoms with Crippen molar-refractivity contribution in [1.29, 1.82) is 0 Å². The zero-order valence-electron chi connectivity index (χ0n) is 11.0. The summed E-state index contributed by atoms with van der Waals surface area (Å²) in [7, 11) is 1.00. The van der Waals surface area contributed by atoms with Crippen LogP contribution in [0.25, 0.3) is 0 Å². The van der Waals surface area contributed by atoms with Gasteiger partial charge in [0.25, 0.3) is 11.9 Å². The van der Waals surface area contributed by atoms with Gasteiger partial charge in [-0.05, 0) is 0 Å². The summed E-state index contributed by atoms with van der Waals surface area (Å²) in [6, 6.07) is 0. The lowest BCUT2D eigenvalue weighted by Crippen LogP contribution is -1.78. The molecule has 0 aromatic heterocycles. The van der Waals surface area contributed by atoms with Gasteiger partial charge in [0, 0.05) is 21.0 Å². The molecule has 0 amide bonds. The third-order valence-corrected chi connectivity index (χ3v) is 0.957. The molecule has 0 aliphatic rings. The summed E-state index contributed by atoms with van der Waals surface area (Å²) in [5.74, 6) is -1.67. The Balaban J connectivity index is -0.0000000643. The molecule has 0 heterocycles. The van der Waals surface area contributed by atoms with Crippen LogP contribution >= 0.6 is 0 Å². The van der Waals surface area contributed by atoms with E-state index in [2.05, 4.69) is 13.8 Å². The molecule has 5 heteroatoms. The van der Waals surface area contributed by atoms with E-state index in [1.165, 1.54) is 25.7 Å². The van der Waals surface area contributed by atoms with Crippen LogP contribution in [-0.2, 0) is 9.59 Å². The molecule has 3 N–H and O–H groups in total. The van der Waals surface area contributed by atoms with Crippen molar-refractivity contribution < 1.29 is 24.9 Å². The number of carboxylic acid groups (broad SMARTS) is 2. The predicted octanol–water partition coefficient (Wildman–Crippen LogP) is 2.38. The molecule has 16 heavy (non-hydrogen) atoms. The van der Waals surface area contributed by atoms with E-state index in [4.69, 9.17) is 24.9 Å². The van der Waals surface area contributed by atoms with Crippen LogP contribution in [0.4, 0.5) is 0 Å². The third kappa shape index (κ3) is 506. The Labute approximate surface area is 98.1 Å². The van der Waals surface area contributed by atoms with Gasteiger partial charge in [-0.15, -0.1) is 0 Å². The molecule has 0 fully saturated rings. The van der Waals surface area contributed by atoms with E-state index in [0.29, 0.717) is 0 Å².